The molecule has 0 heterocycles. The van der Waals surface area contributed by atoms with Crippen molar-refractivity contribution in [3.05, 3.63) is 123 Å². The van der Waals surface area contributed by atoms with Crippen LogP contribution in [0.1, 0.15) is 22.3 Å². The van der Waals surface area contributed by atoms with Gasteiger partial charge in [0.25, 0.3) is 5.91 Å². The first-order valence-electron chi connectivity index (χ1n) is 12.8. The first kappa shape index (κ1) is 29.2. The highest BCUT2D eigenvalue weighted by Crippen LogP contribution is 2.38. The zero-order chi connectivity index (χ0) is 29.0. The van der Waals surface area contributed by atoms with Crippen molar-refractivity contribution in [3.63, 3.8) is 0 Å². The summed E-state index contributed by atoms with van der Waals surface area (Å²) in [5.74, 6) is 1.71. The minimum atomic E-state index is -0.461. The predicted molar refractivity (Wildman–Crippen MR) is 161 cm³/mol. The lowest BCUT2D eigenvalue weighted by Gasteiger charge is -2.15. The third-order valence-electron chi connectivity index (χ3n) is 6.07. The summed E-state index contributed by atoms with van der Waals surface area (Å²) in [6, 6.07) is 30.5. The number of nitrogens with zero attached hydrogens (tertiary/aromatic N) is 1. The van der Waals surface area contributed by atoms with Crippen LogP contribution in [-0.4, -0.2) is 20.1 Å². The van der Waals surface area contributed by atoms with Gasteiger partial charge in [-0.2, -0.15) is 5.26 Å². The highest BCUT2D eigenvalue weighted by molar-refractivity contribution is 9.10. The molecule has 4 rings (SSSR count). The van der Waals surface area contributed by atoms with Gasteiger partial charge in [-0.1, -0.05) is 66.7 Å². The van der Waals surface area contributed by atoms with Gasteiger partial charge >= 0.3 is 0 Å². The molecule has 8 heteroatoms. The van der Waals surface area contributed by atoms with Gasteiger partial charge in [0.15, 0.2) is 23.0 Å². The first-order chi connectivity index (χ1) is 20.0. The Morgan fingerprint density at radius 3 is 2.12 bits per heavy atom. The number of amides is 1. The molecule has 0 aliphatic carbocycles. The van der Waals surface area contributed by atoms with Gasteiger partial charge in [-0.25, -0.2) is 0 Å². The molecular weight excluding hydrogens is 584 g/mol. The highest BCUT2D eigenvalue weighted by atomic mass is 79.9. The third kappa shape index (κ3) is 8.13. The van der Waals surface area contributed by atoms with E-state index < -0.39 is 5.91 Å². The summed E-state index contributed by atoms with van der Waals surface area (Å²) in [5, 5.41) is 12.4. The Balaban J connectivity index is 1.44. The van der Waals surface area contributed by atoms with E-state index in [9.17, 15) is 10.1 Å². The third-order valence-corrected chi connectivity index (χ3v) is 6.66. The van der Waals surface area contributed by atoms with Crippen LogP contribution in [0, 0.1) is 11.3 Å². The van der Waals surface area contributed by atoms with E-state index in [1.165, 1.54) is 13.2 Å². The van der Waals surface area contributed by atoms with Crippen LogP contribution >= 0.6 is 15.9 Å². The second kappa shape index (κ2) is 14.6. The van der Waals surface area contributed by atoms with Crippen molar-refractivity contribution in [1.29, 1.82) is 5.26 Å². The number of nitriles is 1. The molecule has 0 aromatic heterocycles. The van der Waals surface area contributed by atoms with Gasteiger partial charge in [-0.05, 0) is 68.5 Å². The Bertz CT molecular complexity index is 1550. The average Bonchev–Trinajstić information content (AvgIpc) is 3.01. The van der Waals surface area contributed by atoms with Crippen molar-refractivity contribution in [2.24, 2.45) is 0 Å². The summed E-state index contributed by atoms with van der Waals surface area (Å²) in [4.78, 5) is 12.6. The molecule has 1 amide bonds. The van der Waals surface area contributed by atoms with E-state index in [1.54, 1.807) is 19.2 Å². The highest BCUT2D eigenvalue weighted by Gasteiger charge is 2.15. The number of nitrogens with one attached hydrogen (secondary N) is 1. The van der Waals surface area contributed by atoms with Crippen LogP contribution in [0.15, 0.2) is 101 Å². The summed E-state index contributed by atoms with van der Waals surface area (Å²) in [5.41, 5.74) is 3.45. The van der Waals surface area contributed by atoms with Crippen LogP contribution in [0.5, 0.6) is 23.0 Å². The van der Waals surface area contributed by atoms with Gasteiger partial charge < -0.3 is 24.3 Å². The van der Waals surface area contributed by atoms with E-state index in [-0.39, 0.29) is 12.2 Å². The summed E-state index contributed by atoms with van der Waals surface area (Å²) >= 11 is 3.54. The molecule has 208 valence electrons. The number of carbonyl (C=O) groups excluding carboxylic acids is 1. The molecule has 0 bridgehead atoms. The molecule has 4 aromatic rings. The Hall–Kier alpha value is -4.74. The van der Waals surface area contributed by atoms with Crippen LogP contribution in [0.2, 0.25) is 0 Å². The lowest BCUT2D eigenvalue weighted by atomic mass is 10.1. The van der Waals surface area contributed by atoms with Crippen LogP contribution in [-0.2, 0) is 24.6 Å². The molecule has 0 radical (unpaired) electrons. The number of methoxy groups -OCH3 is 2. The number of hydrogen-bond acceptors (Lipinski definition) is 6. The zero-order valence-electron chi connectivity index (χ0n) is 22.7. The number of rotatable bonds is 12. The minimum Gasteiger partial charge on any atom is -0.493 e. The van der Waals surface area contributed by atoms with Crippen molar-refractivity contribution in [2.75, 3.05) is 14.2 Å². The Morgan fingerprint density at radius 2 is 1.46 bits per heavy atom. The Labute approximate surface area is 248 Å². The summed E-state index contributed by atoms with van der Waals surface area (Å²) in [6.07, 6.45) is 1.51. The van der Waals surface area contributed by atoms with Gasteiger partial charge in [0.1, 0.15) is 24.9 Å². The monoisotopic (exact) mass is 612 g/mol. The molecule has 0 aliphatic rings. The van der Waals surface area contributed by atoms with Crippen molar-refractivity contribution in [2.45, 2.75) is 19.8 Å². The molecular formula is C33H29BrN2O5. The largest absolute Gasteiger partial charge is 0.493 e. The molecule has 41 heavy (non-hydrogen) atoms. The zero-order valence-corrected chi connectivity index (χ0v) is 24.3. The SMILES string of the molecule is COc1cc(COc2c(Br)cc(/C=C(\C#N)C(=O)NCc3ccccc3)cc2OC)ccc1OCc1ccccc1. The Kier molecular flexibility index (Phi) is 10.4. The fraction of sp³-hybridized carbons (Fsp3) is 0.152. The van der Waals surface area contributed by atoms with Gasteiger partial charge in [-0.15, -0.1) is 0 Å². The van der Waals surface area contributed by atoms with Gasteiger partial charge in [0.05, 0.1) is 18.7 Å². The van der Waals surface area contributed by atoms with Crippen molar-refractivity contribution in [3.8, 4) is 29.1 Å². The lowest BCUT2D eigenvalue weighted by molar-refractivity contribution is -0.117. The normalized spacial score (nSPS) is 10.8. The van der Waals surface area contributed by atoms with Crippen molar-refractivity contribution in [1.82, 2.24) is 5.32 Å². The van der Waals surface area contributed by atoms with Gasteiger partial charge in [0, 0.05) is 6.54 Å². The molecule has 4 aromatic carbocycles. The average molecular weight is 614 g/mol. The maximum Gasteiger partial charge on any atom is 0.262 e. The maximum absolute atomic E-state index is 12.6. The molecule has 0 aliphatic heterocycles. The minimum absolute atomic E-state index is 0.0229. The predicted octanol–water partition coefficient (Wildman–Crippen LogP) is 6.85. The van der Waals surface area contributed by atoms with E-state index in [0.29, 0.717) is 46.2 Å². The van der Waals surface area contributed by atoms with E-state index in [1.807, 2.05) is 84.9 Å². The molecule has 0 saturated heterocycles. The van der Waals surface area contributed by atoms with Crippen LogP contribution in [0.3, 0.4) is 0 Å². The fourth-order valence-corrected chi connectivity index (χ4v) is 4.54. The number of ether oxygens (including phenoxy) is 4. The second-order valence-electron chi connectivity index (χ2n) is 8.92. The van der Waals surface area contributed by atoms with Gasteiger partial charge in [0.2, 0.25) is 0 Å². The van der Waals surface area contributed by atoms with Crippen LogP contribution in [0.4, 0.5) is 0 Å². The Morgan fingerprint density at radius 1 is 0.805 bits per heavy atom. The second-order valence-corrected chi connectivity index (χ2v) is 9.77. The number of hydrogen-bond donors (Lipinski definition) is 1. The molecule has 0 atom stereocenters. The summed E-state index contributed by atoms with van der Waals surface area (Å²) in [7, 11) is 3.13. The number of carbonyl (C=O) groups is 1. The van der Waals surface area contributed by atoms with E-state index >= 15 is 0 Å². The lowest BCUT2D eigenvalue weighted by Crippen LogP contribution is -2.23. The number of benzene rings is 4. The molecule has 1 N–H and O–H groups in total. The number of halogens is 1. The fourth-order valence-electron chi connectivity index (χ4n) is 3.96. The quantitative estimate of drug-likeness (QED) is 0.139. The van der Waals surface area contributed by atoms with E-state index in [0.717, 1.165) is 16.7 Å². The summed E-state index contributed by atoms with van der Waals surface area (Å²) in [6.45, 7) is 0.994. The van der Waals surface area contributed by atoms with Crippen LogP contribution < -0.4 is 24.3 Å². The molecule has 0 spiro atoms. The maximum atomic E-state index is 12.6. The smallest absolute Gasteiger partial charge is 0.262 e. The van der Waals surface area contributed by atoms with Gasteiger partial charge in [-0.3, -0.25) is 4.79 Å². The van der Waals surface area contributed by atoms with E-state index in [4.69, 9.17) is 18.9 Å². The first-order valence-corrected chi connectivity index (χ1v) is 13.6. The molecule has 0 unspecified atom stereocenters. The molecule has 0 fully saturated rings. The standard InChI is InChI=1S/C33H29BrN2O5/c1-38-30-17-25(13-14-29(30)40-21-24-11-7-4-8-12-24)22-41-32-28(34)16-26(18-31(32)39-2)15-27(19-35)33(37)36-20-23-9-5-3-6-10-23/h3-18H,20-22H2,1-2H3,(H,36,37)/b27-15+. The van der Waals surface area contributed by atoms with E-state index in [2.05, 4.69) is 21.2 Å². The van der Waals surface area contributed by atoms with Crippen molar-refractivity contribution >= 4 is 27.9 Å². The summed E-state index contributed by atoms with van der Waals surface area (Å²) < 4.78 is 23.8. The topological polar surface area (TPSA) is 89.8 Å². The van der Waals surface area contributed by atoms with Crippen LogP contribution in [0.25, 0.3) is 6.08 Å². The molecule has 7 nitrogen and oxygen atoms in total. The van der Waals surface area contributed by atoms with Crippen molar-refractivity contribution < 1.29 is 23.7 Å². The molecule has 0 saturated carbocycles.